The summed E-state index contributed by atoms with van der Waals surface area (Å²) in [6.45, 7) is 4.51. The summed E-state index contributed by atoms with van der Waals surface area (Å²) in [5, 5.41) is 8.47. The molecule has 1 unspecified atom stereocenters. The highest BCUT2D eigenvalue weighted by Crippen LogP contribution is 2.46. The summed E-state index contributed by atoms with van der Waals surface area (Å²) in [4.78, 5) is 17.5. The first-order valence-corrected chi connectivity index (χ1v) is 11.5. The molecule has 0 aliphatic carbocycles. The van der Waals surface area contributed by atoms with Crippen LogP contribution in [-0.4, -0.2) is 41.5 Å². The Labute approximate surface area is 195 Å². The number of fused-ring (bicyclic) bond motifs is 2. The lowest BCUT2D eigenvalue weighted by Gasteiger charge is -2.26. The summed E-state index contributed by atoms with van der Waals surface area (Å²) >= 11 is 1.50. The topological polar surface area (TPSA) is 87.5 Å². The minimum Gasteiger partial charge on any atom is -0.494 e. The molecule has 3 heterocycles. The molecule has 0 spiro atoms. The Morgan fingerprint density at radius 3 is 2.82 bits per heavy atom. The molecule has 1 amide bonds. The van der Waals surface area contributed by atoms with Crippen molar-refractivity contribution in [2.75, 3.05) is 26.1 Å². The van der Waals surface area contributed by atoms with Crippen molar-refractivity contribution in [3.63, 3.8) is 0 Å². The fourth-order valence-electron chi connectivity index (χ4n) is 4.38. The summed E-state index contributed by atoms with van der Waals surface area (Å²) in [6.07, 6.45) is 0.292. The highest BCUT2D eigenvalue weighted by Gasteiger charge is 2.35. The molecule has 1 atom stereocenters. The second kappa shape index (κ2) is 8.40. The highest BCUT2D eigenvalue weighted by atomic mass is 32.1. The number of hydrogen-bond donors (Lipinski definition) is 1. The molecular formula is C24H24N4O4S. The van der Waals surface area contributed by atoms with E-state index >= 15 is 0 Å². The van der Waals surface area contributed by atoms with Crippen LogP contribution < -0.4 is 19.5 Å². The number of para-hydroxylation sites is 1. The molecule has 8 nitrogen and oxygen atoms in total. The van der Waals surface area contributed by atoms with Crippen molar-refractivity contribution < 1.29 is 19.0 Å². The van der Waals surface area contributed by atoms with Gasteiger partial charge in [-0.3, -0.25) is 4.79 Å². The molecular weight excluding hydrogens is 440 g/mol. The van der Waals surface area contributed by atoms with E-state index in [-0.39, 0.29) is 11.8 Å². The molecule has 2 aromatic carbocycles. The third kappa shape index (κ3) is 3.58. The van der Waals surface area contributed by atoms with Crippen LogP contribution in [-0.2, 0) is 4.79 Å². The predicted octanol–water partition coefficient (Wildman–Crippen LogP) is 4.68. The van der Waals surface area contributed by atoms with Gasteiger partial charge < -0.3 is 19.5 Å². The second-order valence-corrected chi connectivity index (χ2v) is 8.72. The Bertz CT molecular complexity index is 1360. The van der Waals surface area contributed by atoms with Crippen LogP contribution in [0.25, 0.3) is 15.3 Å². The highest BCUT2D eigenvalue weighted by molar-refractivity contribution is 7.20. The summed E-state index contributed by atoms with van der Waals surface area (Å²) in [5.74, 6) is 2.40. The number of rotatable bonds is 6. The lowest BCUT2D eigenvalue weighted by atomic mass is 9.85. The average molecular weight is 465 g/mol. The minimum atomic E-state index is -0.216. The van der Waals surface area contributed by atoms with Crippen LogP contribution in [0.4, 0.5) is 5.82 Å². The van der Waals surface area contributed by atoms with Crippen LogP contribution in [0.15, 0.2) is 36.4 Å². The zero-order valence-corrected chi connectivity index (χ0v) is 19.7. The van der Waals surface area contributed by atoms with Crippen molar-refractivity contribution in [1.82, 2.24) is 14.8 Å². The molecule has 5 rings (SSSR count). The first kappa shape index (κ1) is 21.3. The van der Waals surface area contributed by atoms with E-state index in [1.165, 1.54) is 11.3 Å². The molecule has 2 aromatic heterocycles. The van der Waals surface area contributed by atoms with E-state index in [0.29, 0.717) is 35.5 Å². The molecule has 0 bridgehead atoms. The first-order valence-electron chi connectivity index (χ1n) is 10.7. The number of thiazole rings is 1. The summed E-state index contributed by atoms with van der Waals surface area (Å²) in [7, 11) is 3.22. The Morgan fingerprint density at radius 2 is 2.06 bits per heavy atom. The van der Waals surface area contributed by atoms with E-state index in [4.69, 9.17) is 24.3 Å². The van der Waals surface area contributed by atoms with E-state index in [9.17, 15) is 4.79 Å². The maximum atomic E-state index is 12.8. The van der Waals surface area contributed by atoms with Gasteiger partial charge in [-0.2, -0.15) is 9.78 Å². The Kier molecular flexibility index (Phi) is 5.41. The van der Waals surface area contributed by atoms with Crippen molar-refractivity contribution in [2.45, 2.75) is 26.2 Å². The molecule has 4 aromatic rings. The molecule has 0 fully saturated rings. The van der Waals surface area contributed by atoms with E-state index < -0.39 is 0 Å². The van der Waals surface area contributed by atoms with Crippen molar-refractivity contribution in [3.05, 3.63) is 53.2 Å². The standard InChI is InChI=1S/C24H24N4O4S/c1-5-32-14-9-10-17-19(11-14)33-24(25-17)28-23-21(13(2)27-28)16(12-20(29)26-23)15-7-6-8-18(30-3)22(15)31-4/h6-11,16H,5,12H2,1-4H3,(H,26,29). The second-order valence-electron chi connectivity index (χ2n) is 7.71. The number of aromatic nitrogens is 3. The zero-order chi connectivity index (χ0) is 23.1. The molecule has 33 heavy (non-hydrogen) atoms. The summed E-state index contributed by atoms with van der Waals surface area (Å²) < 4.78 is 19.5. The predicted molar refractivity (Wildman–Crippen MR) is 127 cm³/mol. The molecule has 1 aliphatic rings. The van der Waals surface area contributed by atoms with Crippen LogP contribution in [0.3, 0.4) is 0 Å². The number of methoxy groups -OCH3 is 2. The summed E-state index contributed by atoms with van der Waals surface area (Å²) in [6, 6.07) is 11.5. The number of carbonyl (C=O) groups is 1. The van der Waals surface area contributed by atoms with E-state index in [1.807, 2.05) is 50.2 Å². The normalized spacial score (nSPS) is 15.3. The van der Waals surface area contributed by atoms with Gasteiger partial charge in [0, 0.05) is 23.5 Å². The molecule has 1 aliphatic heterocycles. The lowest BCUT2D eigenvalue weighted by Crippen LogP contribution is -2.25. The molecule has 0 saturated heterocycles. The first-order chi connectivity index (χ1) is 16.0. The largest absolute Gasteiger partial charge is 0.494 e. The lowest BCUT2D eigenvalue weighted by molar-refractivity contribution is -0.116. The fraction of sp³-hybridized carbons (Fsp3) is 0.292. The SMILES string of the molecule is CCOc1ccc2nc(-n3nc(C)c4c3NC(=O)CC4c3cccc(OC)c3OC)sc2c1. The maximum Gasteiger partial charge on any atom is 0.226 e. The number of benzene rings is 2. The number of nitrogens with one attached hydrogen (secondary N) is 1. The minimum absolute atomic E-state index is 0.0849. The van der Waals surface area contributed by atoms with Crippen molar-refractivity contribution in [1.29, 1.82) is 0 Å². The number of ether oxygens (including phenoxy) is 3. The maximum absolute atomic E-state index is 12.8. The quantitative estimate of drug-likeness (QED) is 0.446. The van der Waals surface area contributed by atoms with Crippen LogP contribution in [0.2, 0.25) is 0 Å². The number of amides is 1. The van der Waals surface area contributed by atoms with E-state index in [1.54, 1.807) is 18.9 Å². The zero-order valence-electron chi connectivity index (χ0n) is 18.8. The molecule has 9 heteroatoms. The Hall–Kier alpha value is -3.59. The molecule has 0 saturated carbocycles. The number of nitrogens with zero attached hydrogens (tertiary/aromatic N) is 3. The van der Waals surface area contributed by atoms with Gasteiger partial charge in [-0.15, -0.1) is 0 Å². The Balaban J connectivity index is 1.64. The van der Waals surface area contributed by atoms with Gasteiger partial charge in [0.05, 0.1) is 36.7 Å². The third-order valence-electron chi connectivity index (χ3n) is 5.75. The molecule has 170 valence electrons. The van der Waals surface area contributed by atoms with Gasteiger partial charge in [0.2, 0.25) is 11.0 Å². The fourth-order valence-corrected chi connectivity index (χ4v) is 5.33. The van der Waals surface area contributed by atoms with Gasteiger partial charge in [0.15, 0.2) is 11.5 Å². The van der Waals surface area contributed by atoms with Crippen LogP contribution in [0.5, 0.6) is 17.2 Å². The van der Waals surface area contributed by atoms with Gasteiger partial charge in [0.1, 0.15) is 11.6 Å². The number of carbonyl (C=O) groups excluding carboxylic acids is 1. The van der Waals surface area contributed by atoms with E-state index in [2.05, 4.69) is 5.32 Å². The van der Waals surface area contributed by atoms with Crippen molar-refractivity contribution in [2.24, 2.45) is 0 Å². The van der Waals surface area contributed by atoms with Crippen LogP contribution in [0.1, 0.15) is 36.1 Å². The van der Waals surface area contributed by atoms with Crippen LogP contribution in [0, 0.1) is 6.92 Å². The van der Waals surface area contributed by atoms with Gasteiger partial charge in [0.25, 0.3) is 0 Å². The van der Waals surface area contributed by atoms with Crippen LogP contribution >= 0.6 is 11.3 Å². The molecule has 0 radical (unpaired) electrons. The molecule has 1 N–H and O–H groups in total. The Morgan fingerprint density at radius 1 is 1.21 bits per heavy atom. The number of anilines is 1. The average Bonchev–Trinajstić information content (AvgIpc) is 3.38. The van der Waals surface area contributed by atoms with Gasteiger partial charge >= 0.3 is 0 Å². The van der Waals surface area contributed by atoms with Crippen molar-refractivity contribution >= 4 is 33.3 Å². The third-order valence-corrected chi connectivity index (χ3v) is 6.75. The van der Waals surface area contributed by atoms with Crippen molar-refractivity contribution in [3.8, 4) is 22.4 Å². The number of aryl methyl sites for hydroxylation is 1. The van der Waals surface area contributed by atoms with Gasteiger partial charge in [-0.05, 0) is 38.1 Å². The summed E-state index contributed by atoms with van der Waals surface area (Å²) in [5.41, 5.74) is 3.53. The van der Waals surface area contributed by atoms with Gasteiger partial charge in [-0.25, -0.2) is 4.98 Å². The number of hydrogen-bond acceptors (Lipinski definition) is 7. The smallest absolute Gasteiger partial charge is 0.226 e. The monoisotopic (exact) mass is 464 g/mol. The van der Waals surface area contributed by atoms with Gasteiger partial charge in [-0.1, -0.05) is 23.5 Å². The van der Waals surface area contributed by atoms with E-state index in [0.717, 1.165) is 32.8 Å².